The Morgan fingerprint density at radius 2 is 1.06 bits per heavy atom. The highest BCUT2D eigenvalue weighted by atomic mass is 32.1. The number of thiophene rings is 4. The third-order valence-corrected chi connectivity index (χ3v) is 14.3. The second kappa shape index (κ2) is 21.7. The number of aryl methyl sites for hydroxylation is 2. The highest BCUT2D eigenvalue weighted by Crippen LogP contribution is 2.53. The molecular weight excluding hydrogens is 677 g/mol. The van der Waals surface area contributed by atoms with Gasteiger partial charge in [-0.05, 0) is 50.8 Å². The van der Waals surface area contributed by atoms with Gasteiger partial charge < -0.3 is 9.47 Å². The van der Waals surface area contributed by atoms with Gasteiger partial charge in [-0.3, -0.25) is 0 Å². The highest BCUT2D eigenvalue weighted by molar-refractivity contribution is 7.30. The fraction of sp³-hybridized carbons (Fsp3) is 0.628. The molecule has 5 rings (SSSR count). The summed E-state index contributed by atoms with van der Waals surface area (Å²) in [6.45, 7) is 17.4. The van der Waals surface area contributed by atoms with Crippen molar-refractivity contribution >= 4 is 75.6 Å². The zero-order chi connectivity index (χ0) is 35.0. The number of benzene rings is 1. The minimum atomic E-state index is 0.782. The van der Waals surface area contributed by atoms with E-state index in [0.29, 0.717) is 0 Å². The monoisotopic (exact) mass is 740 g/mol. The van der Waals surface area contributed by atoms with E-state index in [1.807, 2.05) is 45.3 Å². The summed E-state index contributed by atoms with van der Waals surface area (Å²) in [6, 6.07) is 7.03. The molecular formula is C43H64O2S4. The lowest BCUT2D eigenvalue weighted by Gasteiger charge is -2.14. The van der Waals surface area contributed by atoms with Crippen LogP contribution in [0.3, 0.4) is 0 Å². The molecule has 0 unspecified atom stereocenters. The molecule has 0 amide bonds. The zero-order valence-corrected chi connectivity index (χ0v) is 35.0. The fourth-order valence-electron chi connectivity index (χ4n) is 6.67. The van der Waals surface area contributed by atoms with Gasteiger partial charge in [0.25, 0.3) is 0 Å². The van der Waals surface area contributed by atoms with Gasteiger partial charge in [0.15, 0.2) is 0 Å². The van der Waals surface area contributed by atoms with Gasteiger partial charge in [0, 0.05) is 36.2 Å². The Hall–Kier alpha value is -1.60. The maximum atomic E-state index is 6.68. The number of hydrogen-bond donors (Lipinski definition) is 0. The van der Waals surface area contributed by atoms with Gasteiger partial charge >= 0.3 is 0 Å². The van der Waals surface area contributed by atoms with Crippen LogP contribution in [0.15, 0.2) is 23.6 Å². The predicted octanol–water partition coefficient (Wildman–Crippen LogP) is 16.8. The van der Waals surface area contributed by atoms with Crippen LogP contribution in [0.1, 0.15) is 154 Å². The van der Waals surface area contributed by atoms with Crippen LogP contribution < -0.4 is 9.47 Å². The lowest BCUT2D eigenvalue weighted by molar-refractivity contribution is 0.307. The fourth-order valence-corrected chi connectivity index (χ4v) is 11.3. The summed E-state index contributed by atoms with van der Waals surface area (Å²) in [7, 11) is 0. The normalized spacial score (nSPS) is 11.7. The predicted molar refractivity (Wildman–Crippen MR) is 227 cm³/mol. The van der Waals surface area contributed by atoms with E-state index in [9.17, 15) is 0 Å². The summed E-state index contributed by atoms with van der Waals surface area (Å²) in [5.74, 6) is 3.15. The molecule has 272 valence electrons. The number of ether oxygens (including phenoxy) is 2. The number of rotatable bonds is 22. The summed E-state index contributed by atoms with van der Waals surface area (Å²) in [5, 5.41) is 6.14. The van der Waals surface area contributed by atoms with Crippen molar-refractivity contribution in [1.82, 2.24) is 0 Å². The number of unbranched alkanes of at least 4 members (excludes halogenated alkanes) is 11. The second-order valence-electron chi connectivity index (χ2n) is 13.9. The average molecular weight is 741 g/mol. The van der Waals surface area contributed by atoms with Crippen molar-refractivity contribution in [1.29, 1.82) is 0 Å². The molecule has 0 fully saturated rings. The van der Waals surface area contributed by atoms with Crippen LogP contribution in [0.4, 0.5) is 0 Å². The summed E-state index contributed by atoms with van der Waals surface area (Å²) < 4.78 is 17.3. The highest BCUT2D eigenvalue weighted by Gasteiger charge is 2.23. The average Bonchev–Trinajstić information content (AvgIpc) is 3.88. The zero-order valence-electron chi connectivity index (χ0n) is 31.8. The minimum absolute atomic E-state index is 0.782. The van der Waals surface area contributed by atoms with Crippen molar-refractivity contribution in [3.63, 3.8) is 0 Å². The first kappa shape index (κ1) is 40.2. The summed E-state index contributed by atoms with van der Waals surface area (Å²) >= 11 is 7.52. The molecule has 0 aliphatic heterocycles. The van der Waals surface area contributed by atoms with Crippen LogP contribution in [-0.4, -0.2) is 13.2 Å². The Kier molecular flexibility index (Phi) is 17.8. The van der Waals surface area contributed by atoms with E-state index >= 15 is 0 Å². The molecule has 5 aromatic rings. The van der Waals surface area contributed by atoms with E-state index in [0.717, 1.165) is 43.5 Å². The van der Waals surface area contributed by atoms with Gasteiger partial charge in [-0.1, -0.05) is 131 Å². The molecule has 1 aromatic carbocycles. The molecule has 6 heteroatoms. The maximum absolute atomic E-state index is 6.68. The second-order valence-corrected chi connectivity index (χ2v) is 18.3. The van der Waals surface area contributed by atoms with Crippen molar-refractivity contribution in [2.75, 3.05) is 13.2 Å². The van der Waals surface area contributed by atoms with E-state index in [1.54, 1.807) is 0 Å². The van der Waals surface area contributed by atoms with Crippen molar-refractivity contribution in [3.05, 3.63) is 33.3 Å². The van der Waals surface area contributed by atoms with Gasteiger partial charge in [-0.25, -0.2) is 0 Å². The van der Waals surface area contributed by atoms with Gasteiger partial charge in [-0.2, -0.15) is 0 Å². The molecule has 0 radical (unpaired) electrons. The molecule has 2 nitrogen and oxygen atoms in total. The minimum Gasteiger partial charge on any atom is -0.491 e. The van der Waals surface area contributed by atoms with Crippen molar-refractivity contribution in [3.8, 4) is 21.3 Å². The molecule has 0 aliphatic rings. The summed E-state index contributed by atoms with van der Waals surface area (Å²) in [4.78, 5) is 5.41. The van der Waals surface area contributed by atoms with Crippen molar-refractivity contribution in [2.24, 2.45) is 5.92 Å². The maximum Gasteiger partial charge on any atom is 0.146 e. The van der Waals surface area contributed by atoms with Crippen LogP contribution in [0.2, 0.25) is 0 Å². The van der Waals surface area contributed by atoms with Crippen molar-refractivity contribution in [2.45, 2.75) is 158 Å². The quantitative estimate of drug-likeness (QED) is 0.0658. The van der Waals surface area contributed by atoms with Gasteiger partial charge in [0.1, 0.15) is 11.5 Å². The van der Waals surface area contributed by atoms with E-state index in [2.05, 4.69) is 72.0 Å². The first-order valence-corrected chi connectivity index (χ1v) is 23.0. The topological polar surface area (TPSA) is 18.5 Å². The van der Waals surface area contributed by atoms with E-state index in [-0.39, 0.29) is 0 Å². The van der Waals surface area contributed by atoms with Gasteiger partial charge in [0.05, 0.1) is 32.2 Å². The molecule has 4 aromatic heterocycles. The van der Waals surface area contributed by atoms with Crippen molar-refractivity contribution < 1.29 is 9.47 Å². The number of hydrogen-bond acceptors (Lipinski definition) is 6. The van der Waals surface area contributed by atoms with Crippen LogP contribution in [0.5, 0.6) is 11.5 Å². The third-order valence-electron chi connectivity index (χ3n) is 9.72. The molecule has 0 aliphatic carbocycles. The van der Waals surface area contributed by atoms with Crippen LogP contribution in [0, 0.1) is 19.8 Å². The smallest absolute Gasteiger partial charge is 0.146 e. The Morgan fingerprint density at radius 3 is 1.65 bits per heavy atom. The molecule has 0 bridgehead atoms. The first-order valence-electron chi connectivity index (χ1n) is 19.7. The van der Waals surface area contributed by atoms with Gasteiger partial charge in [-0.15, -0.1) is 45.3 Å². The SMILES string of the molecule is CCCCC(CC)CC.CCCCCCCCOc1c2cc(-c3scc4cc(C)sc34)sc2c(OCCCCCCCC)c2cc(C)sc12. The largest absolute Gasteiger partial charge is 0.491 e. The molecule has 0 spiro atoms. The first-order chi connectivity index (χ1) is 23.9. The van der Waals surface area contributed by atoms with E-state index in [1.165, 1.54) is 146 Å². The molecule has 0 saturated carbocycles. The molecule has 0 N–H and O–H groups in total. The molecule has 4 heterocycles. The Labute approximate surface area is 314 Å². The molecule has 0 saturated heterocycles. The Morgan fingerprint density at radius 1 is 0.551 bits per heavy atom. The Balaban J connectivity index is 0.000000529. The van der Waals surface area contributed by atoms with Crippen LogP contribution in [-0.2, 0) is 0 Å². The van der Waals surface area contributed by atoms with Crippen LogP contribution in [0.25, 0.3) is 40.0 Å². The van der Waals surface area contributed by atoms with E-state index in [4.69, 9.17) is 9.47 Å². The number of fused-ring (bicyclic) bond motifs is 3. The Bertz CT molecular complexity index is 1570. The van der Waals surface area contributed by atoms with E-state index < -0.39 is 0 Å². The lowest BCUT2D eigenvalue weighted by atomic mass is 9.97. The summed E-state index contributed by atoms with van der Waals surface area (Å²) in [5.41, 5.74) is 0. The molecule has 0 atom stereocenters. The standard InChI is InChI=1S/C34H44O2S4.C9H20/c1-5-7-9-11-13-15-17-35-29-26-20-24(4)39-32(26)30(36-18-16-14-12-10-8-6-2)27-21-28(40-33(27)29)34-31-25(22-37-34)19-23(3)38-31;1-4-7-8-9(5-2)6-3/h19-22H,5-18H2,1-4H3;9H,4-8H2,1-3H3. The third kappa shape index (κ3) is 11.4. The van der Waals surface area contributed by atoms with Gasteiger partial charge in [0.2, 0.25) is 0 Å². The molecule has 49 heavy (non-hydrogen) atoms. The van der Waals surface area contributed by atoms with Crippen LogP contribution >= 0.6 is 45.3 Å². The lowest BCUT2D eigenvalue weighted by Crippen LogP contribution is -2.00. The summed E-state index contributed by atoms with van der Waals surface area (Å²) in [6.07, 6.45) is 22.3.